The molecule has 0 spiro atoms. The highest BCUT2D eigenvalue weighted by Gasteiger charge is 2.14. The molecule has 0 saturated heterocycles. The number of hydrogen-bond acceptors (Lipinski definition) is 3. The Balaban J connectivity index is 2.74. The zero-order chi connectivity index (χ0) is 15.0. The Labute approximate surface area is 125 Å². The predicted octanol–water partition coefficient (Wildman–Crippen LogP) is 2.68. The number of hydrogen-bond donors (Lipinski definition) is 1. The van der Waals surface area contributed by atoms with E-state index < -0.39 is 0 Å². The third-order valence-electron chi connectivity index (χ3n) is 3.08. The van der Waals surface area contributed by atoms with Gasteiger partial charge in [-0.2, -0.15) is 0 Å². The second-order valence-electron chi connectivity index (χ2n) is 4.95. The van der Waals surface area contributed by atoms with Crippen molar-refractivity contribution in [3.63, 3.8) is 0 Å². The normalized spacial score (nSPS) is 12.2. The summed E-state index contributed by atoms with van der Waals surface area (Å²) in [4.78, 5) is 10.6. The van der Waals surface area contributed by atoms with Gasteiger partial charge in [-0.1, -0.05) is 31.5 Å². The number of benzene rings is 1. The zero-order valence-corrected chi connectivity index (χ0v) is 12.9. The zero-order valence-electron chi connectivity index (χ0n) is 12.2. The van der Waals surface area contributed by atoms with Crippen molar-refractivity contribution in [3.05, 3.63) is 28.8 Å². The van der Waals surface area contributed by atoms with Crippen LogP contribution < -0.4 is 10.1 Å². The summed E-state index contributed by atoms with van der Waals surface area (Å²) in [7, 11) is 1.62. The number of carbonyl (C=O) groups is 1. The minimum atomic E-state index is 0.0977. The summed E-state index contributed by atoms with van der Waals surface area (Å²) in [5, 5.41) is 3.42. The first-order valence-corrected chi connectivity index (χ1v) is 7.06. The molecule has 112 valence electrons. The van der Waals surface area contributed by atoms with Gasteiger partial charge in [-0.25, -0.2) is 0 Å². The van der Waals surface area contributed by atoms with E-state index in [2.05, 4.69) is 19.2 Å². The second-order valence-corrected chi connectivity index (χ2v) is 5.35. The molecule has 0 unspecified atom stereocenters. The van der Waals surface area contributed by atoms with Gasteiger partial charge in [0.25, 0.3) is 0 Å². The predicted molar refractivity (Wildman–Crippen MR) is 80.4 cm³/mol. The molecule has 0 radical (unpaired) electrons. The van der Waals surface area contributed by atoms with Gasteiger partial charge >= 0.3 is 0 Å². The van der Waals surface area contributed by atoms with Crippen LogP contribution in [0.4, 0.5) is 0 Å². The second kappa shape index (κ2) is 8.82. The Morgan fingerprint density at radius 1 is 1.35 bits per heavy atom. The van der Waals surface area contributed by atoms with E-state index in [1.807, 2.05) is 18.2 Å². The lowest BCUT2D eigenvalue weighted by atomic mass is 9.96. The summed E-state index contributed by atoms with van der Waals surface area (Å²) in [6.45, 7) is 5.13. The van der Waals surface area contributed by atoms with Gasteiger partial charge in [-0.3, -0.25) is 4.79 Å². The number of carbonyl (C=O) groups excluding carboxylic acids is 1. The molecule has 1 rings (SSSR count). The van der Waals surface area contributed by atoms with Gasteiger partial charge in [0.15, 0.2) is 0 Å². The van der Waals surface area contributed by atoms with E-state index >= 15 is 0 Å². The molecular formula is C15H22ClNO3. The number of nitrogens with one attached hydrogen (secondary N) is 1. The van der Waals surface area contributed by atoms with E-state index in [4.69, 9.17) is 21.1 Å². The van der Waals surface area contributed by atoms with Crippen molar-refractivity contribution in [2.45, 2.75) is 26.3 Å². The largest absolute Gasteiger partial charge is 0.490 e. The highest BCUT2D eigenvalue weighted by Crippen LogP contribution is 2.26. The van der Waals surface area contributed by atoms with E-state index in [0.717, 1.165) is 18.4 Å². The molecular weight excluding hydrogens is 278 g/mol. The average molecular weight is 300 g/mol. The minimum Gasteiger partial charge on any atom is -0.490 e. The smallest absolute Gasteiger partial charge is 0.207 e. The molecule has 0 aliphatic rings. The third-order valence-corrected chi connectivity index (χ3v) is 3.40. The lowest BCUT2D eigenvalue weighted by Gasteiger charge is -2.20. The maximum Gasteiger partial charge on any atom is 0.207 e. The molecule has 0 bridgehead atoms. The van der Waals surface area contributed by atoms with E-state index in [1.54, 1.807) is 7.11 Å². The van der Waals surface area contributed by atoms with Crippen molar-refractivity contribution in [2.24, 2.45) is 5.92 Å². The molecule has 0 aliphatic heterocycles. The van der Waals surface area contributed by atoms with Gasteiger partial charge in [0.05, 0.1) is 11.6 Å². The monoisotopic (exact) mass is 299 g/mol. The van der Waals surface area contributed by atoms with Crippen molar-refractivity contribution < 1.29 is 14.3 Å². The Bertz CT molecular complexity index is 424. The third kappa shape index (κ3) is 5.39. The van der Waals surface area contributed by atoms with Crippen LogP contribution >= 0.6 is 11.6 Å². The van der Waals surface area contributed by atoms with E-state index in [1.165, 1.54) is 0 Å². The van der Waals surface area contributed by atoms with Crippen LogP contribution in [0.25, 0.3) is 0 Å². The molecule has 0 aromatic heterocycles. The summed E-state index contributed by atoms with van der Waals surface area (Å²) >= 11 is 6.10. The van der Waals surface area contributed by atoms with Crippen LogP contribution in [0, 0.1) is 5.92 Å². The van der Waals surface area contributed by atoms with E-state index in [0.29, 0.717) is 29.9 Å². The quantitative estimate of drug-likeness (QED) is 0.563. The van der Waals surface area contributed by atoms with E-state index in [9.17, 15) is 4.79 Å². The van der Waals surface area contributed by atoms with Crippen molar-refractivity contribution in [1.82, 2.24) is 5.32 Å². The molecule has 1 N–H and O–H groups in total. The Morgan fingerprint density at radius 3 is 2.70 bits per heavy atom. The summed E-state index contributed by atoms with van der Waals surface area (Å²) in [5.74, 6) is 1.00. The number of halogens is 1. The van der Waals surface area contributed by atoms with Crippen LogP contribution in [0.1, 0.15) is 19.4 Å². The lowest BCUT2D eigenvalue weighted by Crippen LogP contribution is -2.34. The highest BCUT2D eigenvalue weighted by atomic mass is 35.5. The van der Waals surface area contributed by atoms with Crippen LogP contribution in [0.5, 0.6) is 5.75 Å². The van der Waals surface area contributed by atoms with Crippen LogP contribution in [0.3, 0.4) is 0 Å². The van der Waals surface area contributed by atoms with Gasteiger partial charge in [-0.15, -0.1) is 0 Å². The summed E-state index contributed by atoms with van der Waals surface area (Å²) < 4.78 is 10.5. The minimum absolute atomic E-state index is 0.0977. The molecule has 0 aliphatic carbocycles. The number of methoxy groups -OCH3 is 1. The van der Waals surface area contributed by atoms with Gasteiger partial charge in [-0.05, 0) is 30.0 Å². The molecule has 20 heavy (non-hydrogen) atoms. The number of ether oxygens (including phenoxy) is 2. The molecule has 1 aromatic rings. The fourth-order valence-corrected chi connectivity index (χ4v) is 2.02. The molecule has 1 aromatic carbocycles. The maximum atomic E-state index is 10.6. The molecule has 0 heterocycles. The van der Waals surface area contributed by atoms with Crippen molar-refractivity contribution in [1.29, 1.82) is 0 Å². The SMILES string of the molecule is COCCOc1cc(C[C@H](NC=O)C(C)C)ccc1Cl. The first-order chi connectivity index (χ1) is 9.58. The fraction of sp³-hybridized carbons (Fsp3) is 0.533. The maximum absolute atomic E-state index is 10.6. The first kappa shape index (κ1) is 16.8. The van der Waals surface area contributed by atoms with Gasteiger partial charge in [0, 0.05) is 13.2 Å². The highest BCUT2D eigenvalue weighted by molar-refractivity contribution is 6.32. The van der Waals surface area contributed by atoms with Crippen LogP contribution in [0.15, 0.2) is 18.2 Å². The van der Waals surface area contributed by atoms with Crippen LogP contribution in [-0.2, 0) is 16.0 Å². The molecule has 4 nitrogen and oxygen atoms in total. The lowest BCUT2D eigenvalue weighted by molar-refractivity contribution is -0.110. The van der Waals surface area contributed by atoms with Gasteiger partial charge in [0.1, 0.15) is 12.4 Å². The number of rotatable bonds is 9. The Morgan fingerprint density at radius 2 is 2.10 bits per heavy atom. The first-order valence-electron chi connectivity index (χ1n) is 6.68. The van der Waals surface area contributed by atoms with Crippen molar-refractivity contribution in [3.8, 4) is 5.75 Å². The Hall–Kier alpha value is -1.26. The van der Waals surface area contributed by atoms with Gasteiger partial charge < -0.3 is 14.8 Å². The summed E-state index contributed by atoms with van der Waals surface area (Å²) in [6, 6.07) is 5.78. The van der Waals surface area contributed by atoms with Gasteiger partial charge in [0.2, 0.25) is 6.41 Å². The van der Waals surface area contributed by atoms with Crippen LogP contribution in [-0.4, -0.2) is 32.8 Å². The van der Waals surface area contributed by atoms with Crippen LogP contribution in [0.2, 0.25) is 5.02 Å². The van der Waals surface area contributed by atoms with Crippen molar-refractivity contribution >= 4 is 18.0 Å². The summed E-state index contributed by atoms with van der Waals surface area (Å²) in [6.07, 6.45) is 1.49. The molecule has 5 heteroatoms. The number of amides is 1. The molecule has 0 fully saturated rings. The summed E-state index contributed by atoms with van der Waals surface area (Å²) in [5.41, 5.74) is 1.08. The fourth-order valence-electron chi connectivity index (χ4n) is 1.85. The molecule has 1 atom stereocenters. The van der Waals surface area contributed by atoms with E-state index in [-0.39, 0.29) is 6.04 Å². The molecule has 1 amide bonds. The standard InChI is InChI=1S/C15H22ClNO3/c1-11(2)14(17-10-18)8-12-4-5-13(16)15(9-12)20-7-6-19-3/h4-5,9-11,14H,6-8H2,1-3H3,(H,17,18)/t14-/m0/s1. The molecule has 0 saturated carbocycles. The average Bonchev–Trinajstić information content (AvgIpc) is 2.41. The topological polar surface area (TPSA) is 47.6 Å². The Kier molecular flexibility index (Phi) is 7.41. The van der Waals surface area contributed by atoms with Crippen molar-refractivity contribution in [2.75, 3.05) is 20.3 Å².